The quantitative estimate of drug-likeness (QED) is 0.793. The molecule has 17 heavy (non-hydrogen) atoms. The van der Waals surface area contributed by atoms with Crippen LogP contribution >= 0.6 is 50.5 Å². The molecule has 1 heterocycles. The van der Waals surface area contributed by atoms with Crippen LogP contribution in [0.2, 0.25) is 10.0 Å². The van der Waals surface area contributed by atoms with Gasteiger partial charge in [-0.1, -0.05) is 35.3 Å². The summed E-state index contributed by atoms with van der Waals surface area (Å²) in [6.07, 6.45) is 0. The first kappa shape index (κ1) is 13.4. The molecule has 0 aliphatic heterocycles. The average molecular weight is 351 g/mol. The first-order valence-corrected chi connectivity index (χ1v) is 7.32. The lowest BCUT2D eigenvalue weighted by Crippen LogP contribution is -2.10. The second-order valence-corrected chi connectivity index (χ2v) is 6.91. The molecule has 0 radical (unpaired) electrons. The molecule has 0 amide bonds. The minimum atomic E-state index is -0.240. The molecule has 1 nitrogen and oxygen atoms in total. The molecule has 90 valence electrons. The number of aryl methyl sites for hydroxylation is 1. The molecule has 2 rings (SSSR count). The zero-order valence-corrected chi connectivity index (χ0v) is 12.9. The number of hydrogen-bond donors (Lipinski definition) is 1. The van der Waals surface area contributed by atoms with Crippen LogP contribution in [0.3, 0.4) is 0 Å². The molecular formula is C12H10BrCl2NS. The smallest absolute Gasteiger partial charge is 0.0731 e. The molecule has 0 saturated heterocycles. The Morgan fingerprint density at radius 2 is 2.06 bits per heavy atom. The van der Waals surface area contributed by atoms with Crippen molar-refractivity contribution >= 4 is 50.5 Å². The highest BCUT2D eigenvalue weighted by Gasteiger charge is 2.17. The Balaban J connectivity index is 2.43. The van der Waals surface area contributed by atoms with Crippen LogP contribution in [-0.4, -0.2) is 0 Å². The third-order valence-corrected chi connectivity index (χ3v) is 5.55. The van der Waals surface area contributed by atoms with Gasteiger partial charge in [-0.15, -0.1) is 11.3 Å². The van der Waals surface area contributed by atoms with Gasteiger partial charge in [-0.2, -0.15) is 0 Å². The van der Waals surface area contributed by atoms with E-state index in [1.807, 2.05) is 19.1 Å². The van der Waals surface area contributed by atoms with E-state index < -0.39 is 0 Å². The summed E-state index contributed by atoms with van der Waals surface area (Å²) < 4.78 is 1.10. The highest BCUT2D eigenvalue weighted by atomic mass is 79.9. The van der Waals surface area contributed by atoms with Crippen molar-refractivity contribution in [2.45, 2.75) is 13.0 Å². The van der Waals surface area contributed by atoms with Crippen LogP contribution in [0.25, 0.3) is 0 Å². The van der Waals surface area contributed by atoms with Gasteiger partial charge < -0.3 is 5.73 Å². The van der Waals surface area contributed by atoms with Crippen LogP contribution < -0.4 is 5.73 Å². The fourth-order valence-electron chi connectivity index (χ4n) is 1.55. The lowest BCUT2D eigenvalue weighted by Gasteiger charge is -2.12. The van der Waals surface area contributed by atoms with Gasteiger partial charge in [-0.25, -0.2) is 0 Å². The van der Waals surface area contributed by atoms with Crippen molar-refractivity contribution in [2.24, 2.45) is 5.73 Å². The summed E-state index contributed by atoms with van der Waals surface area (Å²) in [5, 5.41) is 1.07. The van der Waals surface area contributed by atoms with Crippen molar-refractivity contribution in [1.82, 2.24) is 0 Å². The minimum Gasteiger partial charge on any atom is -0.320 e. The second-order valence-electron chi connectivity index (χ2n) is 3.73. The maximum absolute atomic E-state index is 6.21. The summed E-state index contributed by atoms with van der Waals surface area (Å²) in [6.45, 7) is 2.04. The molecule has 0 spiro atoms. The van der Waals surface area contributed by atoms with Gasteiger partial charge in [0, 0.05) is 4.88 Å². The molecule has 0 fully saturated rings. The Morgan fingerprint density at radius 3 is 2.65 bits per heavy atom. The van der Waals surface area contributed by atoms with Crippen LogP contribution in [0.5, 0.6) is 0 Å². The number of halogens is 3. The molecule has 0 aliphatic carbocycles. The third kappa shape index (κ3) is 2.69. The van der Waals surface area contributed by atoms with Gasteiger partial charge in [0.1, 0.15) is 0 Å². The van der Waals surface area contributed by atoms with E-state index in [-0.39, 0.29) is 6.04 Å². The summed E-state index contributed by atoms with van der Waals surface area (Å²) in [5.74, 6) is 0. The molecule has 1 unspecified atom stereocenters. The Bertz CT molecular complexity index is 534. The molecule has 1 atom stereocenters. The van der Waals surface area contributed by atoms with Crippen LogP contribution in [0.15, 0.2) is 28.1 Å². The van der Waals surface area contributed by atoms with Crippen LogP contribution in [0, 0.1) is 6.92 Å². The maximum Gasteiger partial charge on any atom is 0.0731 e. The van der Waals surface area contributed by atoms with E-state index in [1.165, 1.54) is 5.56 Å². The molecule has 1 aromatic heterocycles. The van der Waals surface area contributed by atoms with Gasteiger partial charge in [0.15, 0.2) is 0 Å². The normalized spacial score (nSPS) is 12.8. The van der Waals surface area contributed by atoms with E-state index in [0.717, 1.165) is 14.2 Å². The van der Waals surface area contributed by atoms with Crippen molar-refractivity contribution in [3.05, 3.63) is 54.1 Å². The molecule has 0 saturated carbocycles. The van der Waals surface area contributed by atoms with Gasteiger partial charge in [-0.05, 0) is 46.1 Å². The van der Waals surface area contributed by atoms with E-state index in [1.54, 1.807) is 17.4 Å². The van der Waals surface area contributed by atoms with Gasteiger partial charge in [0.25, 0.3) is 0 Å². The standard InChI is InChI=1S/C12H10BrCl2NS/c1-6-5-9(17-12(6)13)11(16)7-3-2-4-8(14)10(7)15/h2-5,11H,16H2,1H3. The van der Waals surface area contributed by atoms with Crippen LogP contribution in [0.1, 0.15) is 22.0 Å². The van der Waals surface area contributed by atoms with Gasteiger partial charge in [0.05, 0.1) is 19.9 Å². The maximum atomic E-state index is 6.21. The molecular weight excluding hydrogens is 341 g/mol. The average Bonchev–Trinajstić information content (AvgIpc) is 2.62. The fourth-order valence-corrected chi connectivity index (χ4v) is 3.57. The number of thiophene rings is 1. The minimum absolute atomic E-state index is 0.240. The summed E-state index contributed by atoms with van der Waals surface area (Å²) >= 11 is 17.3. The van der Waals surface area contributed by atoms with Crippen LogP contribution in [0.4, 0.5) is 0 Å². The molecule has 2 N–H and O–H groups in total. The number of nitrogens with two attached hydrogens (primary N) is 1. The highest BCUT2D eigenvalue weighted by molar-refractivity contribution is 9.11. The van der Waals surface area contributed by atoms with E-state index in [9.17, 15) is 0 Å². The van der Waals surface area contributed by atoms with Crippen molar-refractivity contribution in [2.75, 3.05) is 0 Å². The van der Waals surface area contributed by atoms with E-state index in [4.69, 9.17) is 28.9 Å². The topological polar surface area (TPSA) is 26.0 Å². The Labute approximate surface area is 123 Å². The fraction of sp³-hybridized carbons (Fsp3) is 0.167. The van der Waals surface area contributed by atoms with Crippen molar-refractivity contribution in [3.8, 4) is 0 Å². The van der Waals surface area contributed by atoms with Gasteiger partial charge >= 0.3 is 0 Å². The molecule has 2 aromatic rings. The Hall–Kier alpha value is -0.0600. The lowest BCUT2D eigenvalue weighted by molar-refractivity contribution is 0.893. The monoisotopic (exact) mass is 349 g/mol. The molecule has 5 heteroatoms. The SMILES string of the molecule is Cc1cc(C(N)c2cccc(Cl)c2Cl)sc1Br. The van der Waals surface area contributed by atoms with Crippen molar-refractivity contribution < 1.29 is 0 Å². The Kier molecular flexibility index (Phi) is 4.16. The molecule has 0 aliphatic rings. The van der Waals surface area contributed by atoms with Crippen molar-refractivity contribution in [3.63, 3.8) is 0 Å². The summed E-state index contributed by atoms with van der Waals surface area (Å²) in [6, 6.07) is 7.35. The third-order valence-electron chi connectivity index (χ3n) is 2.50. The van der Waals surface area contributed by atoms with Crippen molar-refractivity contribution in [1.29, 1.82) is 0 Å². The largest absolute Gasteiger partial charge is 0.320 e. The second kappa shape index (κ2) is 5.29. The van der Waals surface area contributed by atoms with Gasteiger partial charge in [-0.3, -0.25) is 0 Å². The highest BCUT2D eigenvalue weighted by Crippen LogP contribution is 2.37. The van der Waals surface area contributed by atoms with E-state index >= 15 is 0 Å². The molecule has 1 aromatic carbocycles. The Morgan fingerprint density at radius 1 is 1.35 bits per heavy atom. The zero-order chi connectivity index (χ0) is 12.6. The van der Waals surface area contributed by atoms with Gasteiger partial charge in [0.2, 0.25) is 0 Å². The number of rotatable bonds is 2. The summed E-state index contributed by atoms with van der Waals surface area (Å²) in [4.78, 5) is 1.07. The predicted octanol–water partition coefficient (Wildman–Crippen LogP) is 5.17. The number of benzene rings is 1. The lowest BCUT2D eigenvalue weighted by atomic mass is 10.1. The number of hydrogen-bond acceptors (Lipinski definition) is 2. The first-order chi connectivity index (χ1) is 8.00. The predicted molar refractivity (Wildman–Crippen MR) is 79.2 cm³/mol. The molecule has 0 bridgehead atoms. The van der Waals surface area contributed by atoms with Crippen LogP contribution in [-0.2, 0) is 0 Å². The zero-order valence-electron chi connectivity index (χ0n) is 9.01. The first-order valence-electron chi connectivity index (χ1n) is 4.96. The van der Waals surface area contributed by atoms with E-state index in [0.29, 0.717) is 10.0 Å². The summed E-state index contributed by atoms with van der Waals surface area (Å²) in [5.41, 5.74) is 8.25. The van der Waals surface area contributed by atoms with E-state index in [2.05, 4.69) is 22.0 Å². The summed E-state index contributed by atoms with van der Waals surface area (Å²) in [7, 11) is 0.